The van der Waals surface area contributed by atoms with Crippen molar-refractivity contribution in [3.63, 3.8) is 0 Å². The number of terminal acetylenes is 1. The lowest BCUT2D eigenvalue weighted by Gasteiger charge is -2.31. The molecule has 0 bridgehead atoms. The van der Waals surface area contributed by atoms with E-state index in [1.165, 1.54) is 0 Å². The first-order chi connectivity index (χ1) is 7.65. The Morgan fingerprint density at radius 2 is 2.50 bits per heavy atom. The Labute approximate surface area is 97.1 Å². The Morgan fingerprint density at radius 1 is 1.75 bits per heavy atom. The average molecular weight is 224 g/mol. The maximum absolute atomic E-state index is 11.5. The second-order valence-electron chi connectivity index (χ2n) is 4.21. The second-order valence-corrected chi connectivity index (χ2v) is 4.21. The van der Waals surface area contributed by atoms with Crippen molar-refractivity contribution in [2.24, 2.45) is 5.92 Å². The third-order valence-electron chi connectivity index (χ3n) is 2.87. The van der Waals surface area contributed by atoms with Crippen LogP contribution in [0.3, 0.4) is 0 Å². The van der Waals surface area contributed by atoms with Gasteiger partial charge in [-0.3, -0.25) is 4.79 Å². The fourth-order valence-corrected chi connectivity index (χ4v) is 1.75. The minimum absolute atomic E-state index is 0.111. The van der Waals surface area contributed by atoms with Crippen molar-refractivity contribution in [2.75, 3.05) is 19.6 Å². The van der Waals surface area contributed by atoms with Crippen LogP contribution >= 0.6 is 0 Å². The Bertz CT molecular complexity index is 273. The van der Waals surface area contributed by atoms with Crippen LogP contribution in [-0.2, 0) is 9.53 Å². The van der Waals surface area contributed by atoms with Crippen LogP contribution in [0.2, 0.25) is 0 Å². The van der Waals surface area contributed by atoms with E-state index in [1.54, 1.807) is 6.92 Å². The second kappa shape index (κ2) is 6.51. The topological polar surface area (TPSA) is 50.4 Å². The molecular weight excluding hydrogens is 204 g/mol. The lowest BCUT2D eigenvalue weighted by atomic mass is 9.97. The SMILES string of the molecule is C#CCNC(=O)C(C)OC1CNCCC1C. The number of carbonyl (C=O) groups is 1. The number of hydrogen-bond acceptors (Lipinski definition) is 3. The molecular formula is C12H20N2O2. The summed E-state index contributed by atoms with van der Waals surface area (Å²) in [5, 5.41) is 5.88. The summed E-state index contributed by atoms with van der Waals surface area (Å²) in [6, 6.07) is 0. The fraction of sp³-hybridized carbons (Fsp3) is 0.750. The summed E-state index contributed by atoms with van der Waals surface area (Å²) in [6.07, 6.45) is 5.82. The first kappa shape index (κ1) is 13.0. The molecule has 1 aliphatic heterocycles. The van der Waals surface area contributed by atoms with Gasteiger partial charge in [-0.05, 0) is 25.8 Å². The number of carbonyl (C=O) groups excluding carboxylic acids is 1. The highest BCUT2D eigenvalue weighted by Gasteiger charge is 2.25. The molecule has 3 atom stereocenters. The van der Waals surface area contributed by atoms with E-state index in [9.17, 15) is 4.79 Å². The van der Waals surface area contributed by atoms with Gasteiger partial charge < -0.3 is 15.4 Å². The van der Waals surface area contributed by atoms with Crippen molar-refractivity contribution >= 4 is 5.91 Å². The van der Waals surface area contributed by atoms with Gasteiger partial charge in [-0.15, -0.1) is 6.42 Å². The first-order valence-electron chi connectivity index (χ1n) is 5.72. The van der Waals surface area contributed by atoms with Crippen molar-refractivity contribution in [1.82, 2.24) is 10.6 Å². The number of hydrogen-bond donors (Lipinski definition) is 2. The third kappa shape index (κ3) is 3.84. The normalized spacial score (nSPS) is 26.8. The molecule has 1 amide bonds. The van der Waals surface area contributed by atoms with E-state index in [0.29, 0.717) is 5.92 Å². The summed E-state index contributed by atoms with van der Waals surface area (Å²) in [5.74, 6) is 2.71. The Balaban J connectivity index is 2.34. The lowest BCUT2D eigenvalue weighted by molar-refractivity contribution is -0.137. The van der Waals surface area contributed by atoms with Crippen LogP contribution in [0.25, 0.3) is 0 Å². The standard InChI is InChI=1S/C12H20N2O2/c1-4-6-14-12(15)10(3)16-11-8-13-7-5-9(11)2/h1,9-11,13H,5-8H2,2-3H3,(H,14,15). The third-order valence-corrected chi connectivity index (χ3v) is 2.87. The molecule has 16 heavy (non-hydrogen) atoms. The van der Waals surface area contributed by atoms with E-state index >= 15 is 0 Å². The zero-order chi connectivity index (χ0) is 12.0. The molecule has 90 valence electrons. The summed E-state index contributed by atoms with van der Waals surface area (Å²) in [7, 11) is 0. The van der Waals surface area contributed by atoms with Crippen LogP contribution in [0.5, 0.6) is 0 Å². The molecule has 0 saturated carbocycles. The highest BCUT2D eigenvalue weighted by Crippen LogP contribution is 2.16. The molecule has 4 nitrogen and oxygen atoms in total. The summed E-state index contributed by atoms with van der Waals surface area (Å²) in [6.45, 7) is 6.00. The molecule has 0 aromatic heterocycles. The summed E-state index contributed by atoms with van der Waals surface area (Å²) >= 11 is 0. The minimum Gasteiger partial charge on any atom is -0.364 e. The van der Waals surface area contributed by atoms with Crippen molar-refractivity contribution < 1.29 is 9.53 Å². The number of amides is 1. The maximum atomic E-state index is 11.5. The quantitative estimate of drug-likeness (QED) is 0.668. The first-order valence-corrected chi connectivity index (χ1v) is 5.72. The van der Waals surface area contributed by atoms with E-state index in [-0.39, 0.29) is 18.6 Å². The zero-order valence-corrected chi connectivity index (χ0v) is 9.95. The van der Waals surface area contributed by atoms with Crippen molar-refractivity contribution in [3.8, 4) is 12.3 Å². The van der Waals surface area contributed by atoms with Gasteiger partial charge in [-0.2, -0.15) is 0 Å². The van der Waals surface area contributed by atoms with E-state index in [2.05, 4.69) is 23.5 Å². The van der Waals surface area contributed by atoms with Crippen LogP contribution in [0.4, 0.5) is 0 Å². The van der Waals surface area contributed by atoms with Crippen molar-refractivity contribution in [1.29, 1.82) is 0 Å². The molecule has 1 aliphatic rings. The molecule has 3 unspecified atom stereocenters. The van der Waals surface area contributed by atoms with Gasteiger partial charge in [0.05, 0.1) is 12.6 Å². The van der Waals surface area contributed by atoms with Crippen LogP contribution in [-0.4, -0.2) is 37.7 Å². The number of piperidine rings is 1. The van der Waals surface area contributed by atoms with E-state index in [0.717, 1.165) is 19.5 Å². The predicted octanol–water partition coefficient (Wildman–Crippen LogP) is 0.139. The van der Waals surface area contributed by atoms with Crippen LogP contribution < -0.4 is 10.6 Å². The van der Waals surface area contributed by atoms with Gasteiger partial charge in [0, 0.05) is 6.54 Å². The molecule has 4 heteroatoms. The van der Waals surface area contributed by atoms with Crippen LogP contribution in [0, 0.1) is 18.3 Å². The largest absolute Gasteiger partial charge is 0.364 e. The van der Waals surface area contributed by atoms with E-state index < -0.39 is 6.10 Å². The summed E-state index contributed by atoms with van der Waals surface area (Å²) in [4.78, 5) is 11.5. The molecule has 1 saturated heterocycles. The van der Waals surface area contributed by atoms with Gasteiger partial charge in [0.15, 0.2) is 0 Å². The molecule has 1 heterocycles. The maximum Gasteiger partial charge on any atom is 0.249 e. The molecule has 0 aromatic rings. The molecule has 1 fully saturated rings. The van der Waals surface area contributed by atoms with Gasteiger partial charge in [-0.25, -0.2) is 0 Å². The Kier molecular flexibility index (Phi) is 5.30. The monoisotopic (exact) mass is 224 g/mol. The van der Waals surface area contributed by atoms with Crippen LogP contribution in [0.15, 0.2) is 0 Å². The van der Waals surface area contributed by atoms with Crippen molar-refractivity contribution in [2.45, 2.75) is 32.5 Å². The Morgan fingerprint density at radius 3 is 3.12 bits per heavy atom. The Hall–Kier alpha value is -1.05. The number of nitrogens with one attached hydrogen (secondary N) is 2. The van der Waals surface area contributed by atoms with E-state index in [4.69, 9.17) is 11.2 Å². The van der Waals surface area contributed by atoms with Gasteiger partial charge in [-0.1, -0.05) is 12.8 Å². The molecule has 1 rings (SSSR count). The van der Waals surface area contributed by atoms with Gasteiger partial charge in [0.2, 0.25) is 5.91 Å². The number of ether oxygens (including phenoxy) is 1. The smallest absolute Gasteiger partial charge is 0.249 e. The predicted molar refractivity (Wildman–Crippen MR) is 62.8 cm³/mol. The minimum atomic E-state index is -0.444. The number of rotatable bonds is 4. The van der Waals surface area contributed by atoms with Gasteiger partial charge in [0.1, 0.15) is 6.10 Å². The average Bonchev–Trinajstić information content (AvgIpc) is 2.28. The molecule has 0 aliphatic carbocycles. The lowest BCUT2D eigenvalue weighted by Crippen LogP contribution is -2.45. The van der Waals surface area contributed by atoms with Gasteiger partial charge in [0.25, 0.3) is 0 Å². The van der Waals surface area contributed by atoms with Crippen LogP contribution in [0.1, 0.15) is 20.3 Å². The highest BCUT2D eigenvalue weighted by atomic mass is 16.5. The molecule has 0 aromatic carbocycles. The van der Waals surface area contributed by atoms with Crippen molar-refractivity contribution in [3.05, 3.63) is 0 Å². The van der Waals surface area contributed by atoms with E-state index in [1.807, 2.05) is 0 Å². The molecule has 0 radical (unpaired) electrons. The highest BCUT2D eigenvalue weighted by molar-refractivity contribution is 5.80. The molecule has 2 N–H and O–H groups in total. The summed E-state index contributed by atoms with van der Waals surface area (Å²) < 4.78 is 5.72. The summed E-state index contributed by atoms with van der Waals surface area (Å²) in [5.41, 5.74) is 0. The van der Waals surface area contributed by atoms with Gasteiger partial charge >= 0.3 is 0 Å². The molecule has 0 spiro atoms. The fourth-order valence-electron chi connectivity index (χ4n) is 1.75. The zero-order valence-electron chi connectivity index (χ0n) is 9.95.